The Morgan fingerprint density at radius 1 is 1.10 bits per heavy atom. The molecule has 1 aromatic heterocycles. The third kappa shape index (κ3) is 4.54. The fraction of sp³-hybridized carbons (Fsp3) is 0.182. The van der Waals surface area contributed by atoms with Crippen molar-refractivity contribution >= 4 is 23.0 Å². The summed E-state index contributed by atoms with van der Waals surface area (Å²) in [6, 6.07) is 16.0. The lowest BCUT2D eigenvalue weighted by Gasteiger charge is -2.13. The molecular formula is C22H22N4O4. The fourth-order valence-electron chi connectivity index (χ4n) is 3.06. The maximum absolute atomic E-state index is 12.5. The molecule has 8 heteroatoms. The molecule has 3 N–H and O–H groups in total. The van der Waals surface area contributed by atoms with E-state index in [9.17, 15) is 19.5 Å². The average molecular weight is 406 g/mol. The normalized spacial score (nSPS) is 11.3. The number of aromatic nitrogens is 2. The van der Waals surface area contributed by atoms with Gasteiger partial charge in [0.2, 0.25) is 11.8 Å². The number of hydrogen-bond donors (Lipinski definition) is 3. The number of benzene rings is 2. The van der Waals surface area contributed by atoms with Crippen molar-refractivity contribution in [2.45, 2.75) is 26.8 Å². The third-order valence-electron chi connectivity index (χ3n) is 4.45. The predicted molar refractivity (Wildman–Crippen MR) is 116 cm³/mol. The fourth-order valence-corrected chi connectivity index (χ4v) is 3.06. The van der Waals surface area contributed by atoms with E-state index in [1.165, 1.54) is 6.92 Å². The van der Waals surface area contributed by atoms with Crippen molar-refractivity contribution in [3.8, 4) is 5.88 Å². The van der Waals surface area contributed by atoms with Crippen LogP contribution in [-0.4, -0.2) is 26.3 Å². The van der Waals surface area contributed by atoms with Crippen molar-refractivity contribution in [2.24, 2.45) is 4.99 Å². The second-order valence-electron chi connectivity index (χ2n) is 6.64. The van der Waals surface area contributed by atoms with Crippen LogP contribution in [0.5, 0.6) is 5.88 Å². The van der Waals surface area contributed by atoms with Gasteiger partial charge in [-0.05, 0) is 24.1 Å². The van der Waals surface area contributed by atoms with Gasteiger partial charge in [0.15, 0.2) is 0 Å². The molecule has 0 radical (unpaired) electrons. The minimum Gasteiger partial charge on any atom is -0.494 e. The molecule has 0 aliphatic rings. The quantitative estimate of drug-likeness (QED) is 0.546. The summed E-state index contributed by atoms with van der Waals surface area (Å²) in [6.45, 7) is 3.26. The van der Waals surface area contributed by atoms with Gasteiger partial charge in [-0.1, -0.05) is 49.4 Å². The first-order chi connectivity index (χ1) is 14.4. The summed E-state index contributed by atoms with van der Waals surface area (Å²) >= 11 is 0. The average Bonchev–Trinajstić information content (AvgIpc) is 2.72. The molecule has 8 nitrogen and oxygen atoms in total. The van der Waals surface area contributed by atoms with Crippen LogP contribution < -0.4 is 16.6 Å². The number of aromatic amines is 1. The van der Waals surface area contributed by atoms with Gasteiger partial charge < -0.3 is 10.4 Å². The number of rotatable bonds is 6. The zero-order valence-corrected chi connectivity index (χ0v) is 16.7. The maximum Gasteiger partial charge on any atom is 0.331 e. The van der Waals surface area contributed by atoms with Crippen molar-refractivity contribution in [1.82, 2.24) is 9.55 Å². The van der Waals surface area contributed by atoms with Crippen LogP contribution in [0, 0.1) is 0 Å². The number of nitrogens with zero attached hydrogens (tertiary/aromatic N) is 2. The SMILES string of the molecule is CCC(=Nc1ccccc1NC(C)=O)c1c(O)n(Cc2ccccc2)c(=O)[nH]c1=O. The number of aromatic hydroxyl groups is 1. The van der Waals surface area contributed by atoms with E-state index in [4.69, 9.17) is 0 Å². The van der Waals surface area contributed by atoms with Gasteiger partial charge in [-0.15, -0.1) is 0 Å². The molecule has 0 fully saturated rings. The molecular weight excluding hydrogens is 384 g/mol. The molecule has 0 unspecified atom stereocenters. The molecule has 0 saturated heterocycles. The Balaban J connectivity index is 2.13. The van der Waals surface area contributed by atoms with Crippen LogP contribution in [0.25, 0.3) is 0 Å². The highest BCUT2D eigenvalue weighted by atomic mass is 16.3. The zero-order chi connectivity index (χ0) is 21.7. The number of carbonyl (C=O) groups excluding carboxylic acids is 1. The lowest BCUT2D eigenvalue weighted by atomic mass is 10.1. The molecule has 3 rings (SSSR count). The first-order valence-electron chi connectivity index (χ1n) is 9.45. The lowest BCUT2D eigenvalue weighted by molar-refractivity contribution is -0.114. The number of para-hydroxylation sites is 2. The van der Waals surface area contributed by atoms with E-state index < -0.39 is 17.1 Å². The van der Waals surface area contributed by atoms with Crippen LogP contribution in [0.15, 0.2) is 69.2 Å². The number of nitrogens with one attached hydrogen (secondary N) is 2. The Morgan fingerprint density at radius 2 is 1.77 bits per heavy atom. The molecule has 3 aromatic rings. The van der Waals surface area contributed by atoms with Crippen molar-refractivity contribution in [3.63, 3.8) is 0 Å². The second kappa shape index (κ2) is 9.04. The van der Waals surface area contributed by atoms with Crippen molar-refractivity contribution < 1.29 is 9.90 Å². The smallest absolute Gasteiger partial charge is 0.331 e. The van der Waals surface area contributed by atoms with E-state index in [0.29, 0.717) is 17.8 Å². The van der Waals surface area contributed by atoms with Gasteiger partial charge in [0.05, 0.1) is 23.6 Å². The summed E-state index contributed by atoms with van der Waals surface area (Å²) in [5.41, 5.74) is 0.477. The molecule has 0 bridgehead atoms. The summed E-state index contributed by atoms with van der Waals surface area (Å²) in [5, 5.41) is 13.5. The van der Waals surface area contributed by atoms with E-state index in [1.54, 1.807) is 31.2 Å². The van der Waals surface area contributed by atoms with Crippen molar-refractivity contribution in [1.29, 1.82) is 0 Å². The van der Waals surface area contributed by atoms with E-state index >= 15 is 0 Å². The van der Waals surface area contributed by atoms with Crippen molar-refractivity contribution in [3.05, 3.63) is 86.6 Å². The topological polar surface area (TPSA) is 117 Å². The Kier molecular flexibility index (Phi) is 6.26. The third-order valence-corrected chi connectivity index (χ3v) is 4.45. The van der Waals surface area contributed by atoms with E-state index in [1.807, 2.05) is 30.3 Å². The molecule has 0 spiro atoms. The molecule has 1 amide bonds. The lowest BCUT2D eigenvalue weighted by Crippen LogP contribution is -2.34. The molecule has 0 aliphatic heterocycles. The molecule has 0 saturated carbocycles. The standard InChI is InChI=1S/C22H22N4O4/c1-3-16(24-18-12-8-7-11-17(18)23-14(2)27)19-20(28)25-22(30)26(21(19)29)13-15-9-5-4-6-10-15/h4-12,29H,3,13H2,1-2H3,(H,23,27)(H,25,28,30). The number of aliphatic imine (C=N–C) groups is 1. The van der Waals surface area contributed by atoms with Gasteiger partial charge in [0, 0.05) is 6.92 Å². The first-order valence-corrected chi connectivity index (χ1v) is 9.45. The molecule has 1 heterocycles. The summed E-state index contributed by atoms with van der Waals surface area (Å²) in [7, 11) is 0. The largest absolute Gasteiger partial charge is 0.494 e. The summed E-state index contributed by atoms with van der Waals surface area (Å²) in [6.07, 6.45) is 0.314. The van der Waals surface area contributed by atoms with Gasteiger partial charge in [-0.2, -0.15) is 0 Å². The molecule has 0 atom stereocenters. The molecule has 154 valence electrons. The van der Waals surface area contributed by atoms with Gasteiger partial charge in [0.1, 0.15) is 5.56 Å². The van der Waals surface area contributed by atoms with Crippen LogP contribution in [0.2, 0.25) is 0 Å². The van der Waals surface area contributed by atoms with Crippen LogP contribution in [0.1, 0.15) is 31.4 Å². The molecule has 0 aliphatic carbocycles. The van der Waals surface area contributed by atoms with Gasteiger partial charge in [-0.3, -0.25) is 24.1 Å². The van der Waals surface area contributed by atoms with Gasteiger partial charge >= 0.3 is 5.69 Å². The highest BCUT2D eigenvalue weighted by molar-refractivity contribution is 6.04. The number of H-pyrrole nitrogens is 1. The minimum absolute atomic E-state index is 0.0781. The van der Waals surface area contributed by atoms with Crippen LogP contribution >= 0.6 is 0 Å². The Bertz CT molecular complexity index is 1210. The number of anilines is 1. The number of carbonyl (C=O) groups is 1. The Hall–Kier alpha value is -3.94. The predicted octanol–water partition coefficient (Wildman–Crippen LogP) is 2.78. The Morgan fingerprint density at radius 3 is 2.43 bits per heavy atom. The van der Waals surface area contributed by atoms with E-state index in [-0.39, 0.29) is 23.7 Å². The van der Waals surface area contributed by atoms with Crippen LogP contribution in [0.3, 0.4) is 0 Å². The zero-order valence-electron chi connectivity index (χ0n) is 16.7. The van der Waals surface area contributed by atoms with E-state index in [2.05, 4.69) is 15.3 Å². The summed E-state index contributed by atoms with van der Waals surface area (Å²) in [5.74, 6) is -0.710. The highest BCUT2D eigenvalue weighted by Crippen LogP contribution is 2.26. The molecule has 2 aromatic carbocycles. The summed E-state index contributed by atoms with van der Waals surface area (Å²) < 4.78 is 1.09. The van der Waals surface area contributed by atoms with Crippen molar-refractivity contribution in [2.75, 3.05) is 5.32 Å². The Labute approximate surface area is 172 Å². The monoisotopic (exact) mass is 406 g/mol. The summed E-state index contributed by atoms with van der Waals surface area (Å²) in [4.78, 5) is 43.1. The highest BCUT2D eigenvalue weighted by Gasteiger charge is 2.19. The number of amides is 1. The van der Waals surface area contributed by atoms with Crippen LogP contribution in [0.4, 0.5) is 11.4 Å². The number of hydrogen-bond acceptors (Lipinski definition) is 5. The second-order valence-corrected chi connectivity index (χ2v) is 6.64. The van der Waals surface area contributed by atoms with Gasteiger partial charge in [0.25, 0.3) is 5.56 Å². The molecule has 30 heavy (non-hydrogen) atoms. The first kappa shape index (κ1) is 20.8. The van der Waals surface area contributed by atoms with E-state index in [0.717, 1.165) is 10.1 Å². The maximum atomic E-state index is 12.5. The van der Waals surface area contributed by atoms with Gasteiger partial charge in [-0.25, -0.2) is 4.79 Å². The van der Waals surface area contributed by atoms with Crippen LogP contribution in [-0.2, 0) is 11.3 Å². The minimum atomic E-state index is -0.723.